The van der Waals surface area contributed by atoms with Crippen LogP contribution in [0.3, 0.4) is 0 Å². The average Bonchev–Trinajstić information content (AvgIpc) is 3.17. The summed E-state index contributed by atoms with van der Waals surface area (Å²) < 4.78 is 5.29. The molecule has 0 amide bonds. The molecule has 2 heterocycles. The SMILES string of the molecule is CC(c1nc(-c2ncc[nH]2)no1)C(N)c1ccccc1. The molecule has 20 heavy (non-hydrogen) atoms. The molecule has 0 spiro atoms. The van der Waals surface area contributed by atoms with E-state index in [9.17, 15) is 0 Å². The van der Waals surface area contributed by atoms with Crippen LogP contribution in [0.5, 0.6) is 0 Å². The maximum Gasteiger partial charge on any atom is 0.238 e. The fourth-order valence-corrected chi connectivity index (χ4v) is 2.02. The van der Waals surface area contributed by atoms with Crippen LogP contribution in [0.1, 0.15) is 30.3 Å². The molecule has 0 saturated carbocycles. The van der Waals surface area contributed by atoms with Crippen LogP contribution in [-0.2, 0) is 0 Å². The first-order valence-corrected chi connectivity index (χ1v) is 6.39. The Morgan fingerprint density at radius 2 is 2.05 bits per heavy atom. The van der Waals surface area contributed by atoms with Crippen LogP contribution < -0.4 is 5.73 Å². The number of nitrogens with one attached hydrogen (secondary N) is 1. The molecule has 3 rings (SSSR count). The van der Waals surface area contributed by atoms with E-state index in [0.29, 0.717) is 17.5 Å². The maximum absolute atomic E-state index is 6.25. The highest BCUT2D eigenvalue weighted by atomic mass is 16.5. The first kappa shape index (κ1) is 12.6. The van der Waals surface area contributed by atoms with Crippen LogP contribution >= 0.6 is 0 Å². The van der Waals surface area contributed by atoms with Crippen molar-refractivity contribution in [3.8, 4) is 11.6 Å². The average molecular weight is 269 g/mol. The molecule has 3 N–H and O–H groups in total. The molecule has 6 nitrogen and oxygen atoms in total. The van der Waals surface area contributed by atoms with Crippen molar-refractivity contribution in [2.24, 2.45) is 5.73 Å². The molecular formula is C14H15N5O. The molecule has 0 aliphatic carbocycles. The number of aromatic nitrogens is 4. The zero-order valence-corrected chi connectivity index (χ0v) is 11.0. The summed E-state index contributed by atoms with van der Waals surface area (Å²) in [6.45, 7) is 1.97. The fraction of sp³-hybridized carbons (Fsp3) is 0.214. The Bertz CT molecular complexity index is 662. The second kappa shape index (κ2) is 5.26. The number of benzene rings is 1. The molecular weight excluding hydrogens is 254 g/mol. The maximum atomic E-state index is 6.25. The number of aromatic amines is 1. The third-order valence-corrected chi connectivity index (χ3v) is 3.26. The van der Waals surface area contributed by atoms with Crippen molar-refractivity contribution in [1.82, 2.24) is 20.1 Å². The lowest BCUT2D eigenvalue weighted by Gasteiger charge is -2.16. The second-order valence-corrected chi connectivity index (χ2v) is 4.62. The molecule has 0 aliphatic rings. The van der Waals surface area contributed by atoms with Crippen LogP contribution in [0.25, 0.3) is 11.6 Å². The van der Waals surface area contributed by atoms with Crippen molar-refractivity contribution in [3.05, 3.63) is 54.2 Å². The van der Waals surface area contributed by atoms with Crippen LogP contribution in [0.2, 0.25) is 0 Å². The smallest absolute Gasteiger partial charge is 0.238 e. The summed E-state index contributed by atoms with van der Waals surface area (Å²) in [7, 11) is 0. The number of nitrogens with two attached hydrogens (primary N) is 1. The minimum Gasteiger partial charge on any atom is -0.342 e. The topological polar surface area (TPSA) is 93.6 Å². The number of H-pyrrole nitrogens is 1. The van der Waals surface area contributed by atoms with Gasteiger partial charge in [-0.25, -0.2) is 4.98 Å². The summed E-state index contributed by atoms with van der Waals surface area (Å²) in [6.07, 6.45) is 3.36. The summed E-state index contributed by atoms with van der Waals surface area (Å²) in [6, 6.07) is 9.67. The molecule has 0 aliphatic heterocycles. The Morgan fingerprint density at radius 3 is 2.75 bits per heavy atom. The van der Waals surface area contributed by atoms with Gasteiger partial charge < -0.3 is 15.2 Å². The van der Waals surface area contributed by atoms with Crippen molar-refractivity contribution in [2.45, 2.75) is 18.9 Å². The van der Waals surface area contributed by atoms with E-state index < -0.39 is 0 Å². The first-order valence-electron chi connectivity index (χ1n) is 6.39. The molecule has 3 aromatic rings. The third kappa shape index (κ3) is 2.33. The second-order valence-electron chi connectivity index (χ2n) is 4.62. The van der Waals surface area contributed by atoms with Gasteiger partial charge in [-0.2, -0.15) is 4.98 Å². The first-order chi connectivity index (χ1) is 9.75. The fourth-order valence-electron chi connectivity index (χ4n) is 2.02. The monoisotopic (exact) mass is 269 g/mol. The highest BCUT2D eigenvalue weighted by Crippen LogP contribution is 2.28. The molecule has 2 unspecified atom stereocenters. The normalized spacial score (nSPS) is 14.1. The van der Waals surface area contributed by atoms with E-state index >= 15 is 0 Å². The predicted molar refractivity (Wildman–Crippen MR) is 73.7 cm³/mol. The summed E-state index contributed by atoms with van der Waals surface area (Å²) >= 11 is 0. The molecule has 2 atom stereocenters. The lowest BCUT2D eigenvalue weighted by molar-refractivity contribution is 0.343. The van der Waals surface area contributed by atoms with Gasteiger partial charge in [-0.1, -0.05) is 42.4 Å². The van der Waals surface area contributed by atoms with Crippen molar-refractivity contribution in [2.75, 3.05) is 0 Å². The van der Waals surface area contributed by atoms with Gasteiger partial charge in [0.1, 0.15) is 0 Å². The minimum atomic E-state index is -0.193. The van der Waals surface area contributed by atoms with Crippen LogP contribution in [-0.4, -0.2) is 20.1 Å². The van der Waals surface area contributed by atoms with Crippen LogP contribution in [0, 0.1) is 0 Å². The lowest BCUT2D eigenvalue weighted by Crippen LogP contribution is -2.17. The van der Waals surface area contributed by atoms with Gasteiger partial charge in [0.2, 0.25) is 11.7 Å². The van der Waals surface area contributed by atoms with Gasteiger partial charge in [-0.05, 0) is 5.56 Å². The quantitative estimate of drug-likeness (QED) is 0.757. The molecule has 102 valence electrons. The van der Waals surface area contributed by atoms with E-state index in [1.165, 1.54) is 0 Å². The van der Waals surface area contributed by atoms with Crippen molar-refractivity contribution in [1.29, 1.82) is 0 Å². The zero-order valence-electron chi connectivity index (χ0n) is 11.0. The number of rotatable bonds is 4. The highest BCUT2D eigenvalue weighted by Gasteiger charge is 2.23. The van der Waals surface area contributed by atoms with E-state index in [1.54, 1.807) is 12.4 Å². The van der Waals surface area contributed by atoms with Gasteiger partial charge in [-0.15, -0.1) is 0 Å². The van der Waals surface area contributed by atoms with Gasteiger partial charge in [0, 0.05) is 18.4 Å². The highest BCUT2D eigenvalue weighted by molar-refractivity contribution is 5.41. The summed E-state index contributed by atoms with van der Waals surface area (Å²) in [5.74, 6) is 1.46. The van der Waals surface area contributed by atoms with E-state index in [2.05, 4.69) is 20.1 Å². The van der Waals surface area contributed by atoms with Gasteiger partial charge in [0.05, 0.1) is 5.92 Å². The van der Waals surface area contributed by atoms with Gasteiger partial charge in [0.15, 0.2) is 5.82 Å². The number of nitrogens with zero attached hydrogens (tertiary/aromatic N) is 3. The Balaban J connectivity index is 1.82. The van der Waals surface area contributed by atoms with Gasteiger partial charge in [-0.3, -0.25) is 0 Å². The summed E-state index contributed by atoms with van der Waals surface area (Å²) in [4.78, 5) is 11.4. The Hall–Kier alpha value is -2.47. The van der Waals surface area contributed by atoms with E-state index in [0.717, 1.165) is 5.56 Å². The molecule has 0 saturated heterocycles. The van der Waals surface area contributed by atoms with Crippen molar-refractivity contribution < 1.29 is 4.52 Å². The number of hydrogen-bond acceptors (Lipinski definition) is 5. The molecule has 1 aromatic carbocycles. The van der Waals surface area contributed by atoms with E-state index in [-0.39, 0.29) is 12.0 Å². The van der Waals surface area contributed by atoms with E-state index in [1.807, 2.05) is 37.3 Å². The largest absolute Gasteiger partial charge is 0.342 e. The molecule has 0 radical (unpaired) electrons. The summed E-state index contributed by atoms with van der Waals surface area (Å²) in [5.41, 5.74) is 7.29. The number of hydrogen-bond donors (Lipinski definition) is 2. The summed E-state index contributed by atoms with van der Waals surface area (Å²) in [5, 5.41) is 3.92. The van der Waals surface area contributed by atoms with Crippen molar-refractivity contribution >= 4 is 0 Å². The Kier molecular flexibility index (Phi) is 3.30. The lowest BCUT2D eigenvalue weighted by atomic mass is 9.95. The Morgan fingerprint density at radius 1 is 1.25 bits per heavy atom. The minimum absolute atomic E-state index is 0.0754. The zero-order chi connectivity index (χ0) is 13.9. The molecule has 6 heteroatoms. The van der Waals surface area contributed by atoms with E-state index in [4.69, 9.17) is 10.3 Å². The third-order valence-electron chi connectivity index (χ3n) is 3.26. The molecule has 2 aromatic heterocycles. The number of imidazole rings is 1. The van der Waals surface area contributed by atoms with Crippen LogP contribution in [0.15, 0.2) is 47.2 Å². The van der Waals surface area contributed by atoms with Gasteiger partial charge in [0.25, 0.3) is 0 Å². The Labute approximate surface area is 116 Å². The van der Waals surface area contributed by atoms with Crippen molar-refractivity contribution in [3.63, 3.8) is 0 Å². The van der Waals surface area contributed by atoms with Crippen LogP contribution in [0.4, 0.5) is 0 Å². The van der Waals surface area contributed by atoms with Gasteiger partial charge >= 0.3 is 0 Å². The molecule has 0 fully saturated rings. The molecule has 0 bridgehead atoms. The standard InChI is InChI=1S/C14H15N5O/c1-9(11(15)10-5-3-2-4-6-10)14-18-13(19-20-14)12-16-7-8-17-12/h2-9,11H,15H2,1H3,(H,16,17). The predicted octanol–water partition coefficient (Wildman–Crippen LogP) is 2.26.